The van der Waals surface area contributed by atoms with E-state index >= 15 is 0 Å². The number of benzene rings is 2. The number of aliphatic hydroxyl groups is 1. The van der Waals surface area contributed by atoms with Gasteiger partial charge in [-0.25, -0.2) is 0 Å². The van der Waals surface area contributed by atoms with E-state index in [0.29, 0.717) is 26.3 Å². The van der Waals surface area contributed by atoms with E-state index in [1.54, 1.807) is 0 Å². The van der Waals surface area contributed by atoms with Crippen LogP contribution in [0.5, 0.6) is 0 Å². The highest BCUT2D eigenvalue weighted by Crippen LogP contribution is 2.22. The van der Waals surface area contributed by atoms with Gasteiger partial charge in [0.15, 0.2) is 0 Å². The zero-order valence-electron chi connectivity index (χ0n) is 21.4. The maximum absolute atomic E-state index is 12.5. The van der Waals surface area contributed by atoms with Crippen molar-refractivity contribution in [1.29, 1.82) is 0 Å². The summed E-state index contributed by atoms with van der Waals surface area (Å²) in [5, 5.41) is 13.5. The first-order valence-corrected chi connectivity index (χ1v) is 12.3. The number of anilines is 1. The average molecular weight is 468 g/mol. The molecule has 1 amide bonds. The molecular weight excluding hydrogens is 426 g/mol. The number of ether oxygens (including phenoxy) is 1. The highest BCUT2D eigenvalue weighted by Gasteiger charge is 2.21. The van der Waals surface area contributed by atoms with Crippen molar-refractivity contribution in [3.63, 3.8) is 0 Å². The standard InChI is InChI=1S/C28H41N3O3/c1-21-7-6-8-22(2)27(21)29-26(33)18-31-15-13-30(14-16-31)17-25(32)20-34-19-23-9-11-24(12-10-23)28(3,4)5/h6-12,25,32H,13-20H2,1-5H3,(H,29,33). The van der Waals surface area contributed by atoms with Crippen LogP contribution in [0.1, 0.15) is 43.0 Å². The molecule has 0 radical (unpaired) electrons. The summed E-state index contributed by atoms with van der Waals surface area (Å²) >= 11 is 0. The summed E-state index contributed by atoms with van der Waals surface area (Å²) in [7, 11) is 0. The zero-order chi connectivity index (χ0) is 24.7. The number of aliphatic hydroxyl groups excluding tert-OH is 1. The third kappa shape index (κ3) is 7.91. The van der Waals surface area contributed by atoms with Crippen LogP contribution in [0.3, 0.4) is 0 Å². The lowest BCUT2D eigenvalue weighted by Crippen LogP contribution is -2.50. The van der Waals surface area contributed by atoms with E-state index in [1.165, 1.54) is 5.56 Å². The number of β-amino-alcohol motifs (C(OH)–C–C–N with tert-alkyl or cyclic N) is 1. The number of hydrogen-bond acceptors (Lipinski definition) is 5. The molecule has 0 aliphatic carbocycles. The third-order valence-electron chi connectivity index (χ3n) is 6.45. The number of piperazine rings is 1. The molecule has 1 atom stereocenters. The summed E-state index contributed by atoms with van der Waals surface area (Å²) in [5.74, 6) is 0.0230. The van der Waals surface area contributed by atoms with Crippen molar-refractivity contribution < 1.29 is 14.6 Å². The molecule has 1 saturated heterocycles. The normalized spacial score (nSPS) is 16.4. The highest BCUT2D eigenvalue weighted by molar-refractivity contribution is 5.93. The SMILES string of the molecule is Cc1cccc(C)c1NC(=O)CN1CCN(CC(O)COCc2ccc(C(C)(C)C)cc2)CC1. The van der Waals surface area contributed by atoms with E-state index in [2.05, 4.69) is 60.2 Å². The molecule has 0 saturated carbocycles. The Morgan fingerprint density at radius 3 is 2.18 bits per heavy atom. The predicted molar refractivity (Wildman–Crippen MR) is 138 cm³/mol. The number of carbonyl (C=O) groups is 1. The van der Waals surface area contributed by atoms with Gasteiger partial charge in [-0.1, -0.05) is 63.2 Å². The smallest absolute Gasteiger partial charge is 0.238 e. The molecule has 0 bridgehead atoms. The average Bonchev–Trinajstić information content (AvgIpc) is 2.77. The Bertz CT molecular complexity index is 909. The molecule has 1 heterocycles. The van der Waals surface area contributed by atoms with Crippen LogP contribution < -0.4 is 5.32 Å². The minimum atomic E-state index is -0.521. The lowest BCUT2D eigenvalue weighted by atomic mass is 9.87. The molecule has 0 spiro atoms. The number of carbonyl (C=O) groups excluding carboxylic acids is 1. The second kappa shape index (κ2) is 11.9. The second-order valence-corrected chi connectivity index (χ2v) is 10.5. The van der Waals surface area contributed by atoms with Gasteiger partial charge in [0.2, 0.25) is 5.91 Å². The van der Waals surface area contributed by atoms with Gasteiger partial charge in [0.1, 0.15) is 0 Å². The summed E-state index contributed by atoms with van der Waals surface area (Å²) in [5.41, 5.74) is 5.64. The summed E-state index contributed by atoms with van der Waals surface area (Å²) in [4.78, 5) is 16.9. The number of para-hydroxylation sites is 1. The topological polar surface area (TPSA) is 65.0 Å². The number of aryl methyl sites for hydroxylation is 2. The quantitative estimate of drug-likeness (QED) is 0.588. The van der Waals surface area contributed by atoms with Crippen molar-refractivity contribution in [2.75, 3.05) is 51.2 Å². The van der Waals surface area contributed by atoms with E-state index < -0.39 is 6.10 Å². The van der Waals surface area contributed by atoms with Crippen molar-refractivity contribution in [3.8, 4) is 0 Å². The zero-order valence-corrected chi connectivity index (χ0v) is 21.4. The Kier molecular flexibility index (Phi) is 9.25. The largest absolute Gasteiger partial charge is 0.389 e. The molecule has 2 aromatic rings. The minimum absolute atomic E-state index is 0.0230. The number of hydrogen-bond donors (Lipinski definition) is 2. The van der Waals surface area contributed by atoms with Crippen molar-refractivity contribution >= 4 is 11.6 Å². The molecule has 1 aliphatic heterocycles. The number of amides is 1. The molecule has 1 aliphatic rings. The maximum Gasteiger partial charge on any atom is 0.238 e. The van der Waals surface area contributed by atoms with Gasteiger partial charge in [0, 0.05) is 38.4 Å². The van der Waals surface area contributed by atoms with E-state index in [4.69, 9.17) is 4.74 Å². The Balaban J connectivity index is 1.33. The van der Waals surface area contributed by atoms with Gasteiger partial charge in [-0.05, 0) is 41.5 Å². The van der Waals surface area contributed by atoms with Gasteiger partial charge in [-0.15, -0.1) is 0 Å². The summed E-state index contributed by atoms with van der Waals surface area (Å²) in [6, 6.07) is 14.5. The van der Waals surface area contributed by atoms with E-state index in [0.717, 1.165) is 48.6 Å². The van der Waals surface area contributed by atoms with Gasteiger partial charge < -0.3 is 15.2 Å². The Morgan fingerprint density at radius 2 is 1.59 bits per heavy atom. The van der Waals surface area contributed by atoms with E-state index in [1.807, 2.05) is 32.0 Å². The fourth-order valence-electron chi connectivity index (χ4n) is 4.29. The van der Waals surface area contributed by atoms with Gasteiger partial charge >= 0.3 is 0 Å². The summed E-state index contributed by atoms with van der Waals surface area (Å²) < 4.78 is 5.76. The Labute approximate surface area is 204 Å². The first-order valence-electron chi connectivity index (χ1n) is 12.3. The molecule has 186 valence electrons. The Hall–Kier alpha value is -2.25. The van der Waals surface area contributed by atoms with Crippen LogP contribution >= 0.6 is 0 Å². The van der Waals surface area contributed by atoms with Gasteiger partial charge in [-0.2, -0.15) is 0 Å². The van der Waals surface area contributed by atoms with Crippen LogP contribution in [0.2, 0.25) is 0 Å². The lowest BCUT2D eigenvalue weighted by molar-refractivity contribution is -0.117. The summed E-state index contributed by atoms with van der Waals surface area (Å²) in [6.07, 6.45) is -0.521. The van der Waals surface area contributed by atoms with Crippen LogP contribution in [-0.4, -0.2) is 72.8 Å². The molecule has 1 fully saturated rings. The van der Waals surface area contributed by atoms with Crippen molar-refractivity contribution in [2.24, 2.45) is 0 Å². The molecule has 3 rings (SSSR count). The maximum atomic E-state index is 12.5. The number of nitrogens with one attached hydrogen (secondary N) is 1. The van der Waals surface area contributed by atoms with Crippen molar-refractivity contribution in [1.82, 2.24) is 9.80 Å². The van der Waals surface area contributed by atoms with E-state index in [-0.39, 0.29) is 11.3 Å². The van der Waals surface area contributed by atoms with Crippen LogP contribution in [0.4, 0.5) is 5.69 Å². The molecule has 6 heteroatoms. The first-order chi connectivity index (χ1) is 16.1. The van der Waals surface area contributed by atoms with Crippen LogP contribution in [-0.2, 0) is 21.6 Å². The third-order valence-corrected chi connectivity index (χ3v) is 6.45. The lowest BCUT2D eigenvalue weighted by Gasteiger charge is -2.35. The second-order valence-electron chi connectivity index (χ2n) is 10.5. The predicted octanol–water partition coefficient (Wildman–Crippen LogP) is 3.73. The highest BCUT2D eigenvalue weighted by atomic mass is 16.5. The van der Waals surface area contributed by atoms with Gasteiger partial charge in [-0.3, -0.25) is 14.6 Å². The van der Waals surface area contributed by atoms with Crippen molar-refractivity contribution in [2.45, 2.75) is 52.7 Å². The molecule has 1 unspecified atom stereocenters. The molecule has 6 nitrogen and oxygen atoms in total. The molecule has 2 aromatic carbocycles. The fraction of sp³-hybridized carbons (Fsp3) is 0.536. The van der Waals surface area contributed by atoms with E-state index in [9.17, 15) is 9.90 Å². The molecule has 34 heavy (non-hydrogen) atoms. The number of rotatable bonds is 9. The Morgan fingerprint density at radius 1 is 1.00 bits per heavy atom. The van der Waals surface area contributed by atoms with Gasteiger partial charge in [0.05, 0.1) is 25.9 Å². The molecule has 0 aromatic heterocycles. The first kappa shape index (κ1) is 26.4. The van der Waals surface area contributed by atoms with Crippen LogP contribution in [0.15, 0.2) is 42.5 Å². The number of nitrogens with zero attached hydrogens (tertiary/aromatic N) is 2. The van der Waals surface area contributed by atoms with Crippen LogP contribution in [0, 0.1) is 13.8 Å². The molecule has 2 N–H and O–H groups in total. The van der Waals surface area contributed by atoms with Crippen LogP contribution in [0.25, 0.3) is 0 Å². The molecular formula is C28H41N3O3. The monoisotopic (exact) mass is 467 g/mol. The van der Waals surface area contributed by atoms with Crippen molar-refractivity contribution in [3.05, 3.63) is 64.7 Å². The summed E-state index contributed by atoms with van der Waals surface area (Å²) in [6.45, 7) is 15.7. The van der Waals surface area contributed by atoms with Gasteiger partial charge in [0.25, 0.3) is 0 Å². The fourth-order valence-corrected chi connectivity index (χ4v) is 4.29. The minimum Gasteiger partial charge on any atom is -0.389 e.